The van der Waals surface area contributed by atoms with E-state index in [1.54, 1.807) is 34.6 Å². The van der Waals surface area contributed by atoms with Crippen molar-refractivity contribution >= 4 is 23.6 Å². The van der Waals surface area contributed by atoms with Crippen LogP contribution in [0.25, 0.3) is 0 Å². The number of aromatic nitrogens is 2. The summed E-state index contributed by atoms with van der Waals surface area (Å²) in [7, 11) is 5.18. The molecule has 1 N–H and O–H groups in total. The van der Waals surface area contributed by atoms with Crippen molar-refractivity contribution in [1.29, 1.82) is 0 Å². The van der Waals surface area contributed by atoms with Gasteiger partial charge < -0.3 is 33.7 Å². The minimum Gasteiger partial charge on any atom is -0.457 e. The van der Waals surface area contributed by atoms with E-state index >= 15 is 0 Å². The van der Waals surface area contributed by atoms with Crippen LogP contribution in [-0.2, 0) is 38.1 Å². The standard InChI is InChI=1S/C33H51N3O10/c1-11-25-33(7,46-32(41)36-13-12-34-17-36)16-19(3)26(37)18(2)14-24(42-10)29(21(5)27(38)22(6)30(40)44-25)45-31-28(39)23(35(8)9)15-20(4)43-31/h12-13,16-18,20-25,28-29,31,39H,11,14-15H2,1-10H3/b19-16+/t18-,20-,21?,22-,23+,24-,25-,28?,29-,31+,33+/m1/s1. The number of carbonyl (C=O) groups excluding carboxylic acids is 4. The largest absolute Gasteiger partial charge is 0.457 e. The molecule has 2 aliphatic rings. The van der Waals surface area contributed by atoms with Crippen molar-refractivity contribution in [2.24, 2.45) is 17.8 Å². The number of carbonyl (C=O) groups is 4. The van der Waals surface area contributed by atoms with E-state index in [9.17, 15) is 24.3 Å². The maximum absolute atomic E-state index is 13.9. The lowest BCUT2D eigenvalue weighted by atomic mass is 9.83. The Balaban J connectivity index is 2.05. The van der Waals surface area contributed by atoms with Crippen LogP contribution in [0.1, 0.15) is 67.7 Å². The van der Waals surface area contributed by atoms with Gasteiger partial charge in [-0.25, -0.2) is 14.3 Å². The van der Waals surface area contributed by atoms with Crippen molar-refractivity contribution in [3.8, 4) is 0 Å². The van der Waals surface area contributed by atoms with E-state index in [-0.39, 0.29) is 36.3 Å². The zero-order chi connectivity index (χ0) is 34.5. The van der Waals surface area contributed by atoms with Crippen LogP contribution in [0.4, 0.5) is 4.79 Å². The van der Waals surface area contributed by atoms with Crippen molar-refractivity contribution in [1.82, 2.24) is 14.5 Å². The zero-order valence-corrected chi connectivity index (χ0v) is 28.7. The van der Waals surface area contributed by atoms with Crippen molar-refractivity contribution < 1.29 is 48.0 Å². The van der Waals surface area contributed by atoms with E-state index in [1.165, 1.54) is 38.8 Å². The third-order valence-corrected chi connectivity index (χ3v) is 9.17. The lowest BCUT2D eigenvalue weighted by molar-refractivity contribution is -0.283. The molecule has 1 aromatic rings. The normalized spacial score (nSPS) is 38.1. The number of ether oxygens (including phenoxy) is 5. The van der Waals surface area contributed by atoms with E-state index in [0.717, 1.165) is 4.57 Å². The van der Waals surface area contributed by atoms with Crippen molar-refractivity contribution in [2.45, 2.75) is 116 Å². The van der Waals surface area contributed by atoms with Gasteiger partial charge in [-0.3, -0.25) is 14.4 Å². The number of esters is 1. The Hall–Kier alpha value is -2.97. The molecule has 0 saturated carbocycles. The van der Waals surface area contributed by atoms with E-state index in [4.69, 9.17) is 23.7 Å². The molecule has 2 aliphatic heterocycles. The number of Topliss-reactive ketones (excluding diaryl/α,β-unsaturated/α-hetero) is 2. The van der Waals surface area contributed by atoms with Gasteiger partial charge in [0.25, 0.3) is 0 Å². The quantitative estimate of drug-likeness (QED) is 0.355. The molecule has 2 unspecified atom stereocenters. The summed E-state index contributed by atoms with van der Waals surface area (Å²) in [5.41, 5.74) is -1.28. The molecule has 0 amide bonds. The molecule has 11 atom stereocenters. The monoisotopic (exact) mass is 649 g/mol. The fraction of sp³-hybridized carbons (Fsp3) is 0.727. The molecule has 1 saturated heterocycles. The Morgan fingerprint density at radius 3 is 2.41 bits per heavy atom. The Labute approximate surface area is 271 Å². The van der Waals surface area contributed by atoms with E-state index in [0.29, 0.717) is 6.42 Å². The number of hydrogen-bond acceptors (Lipinski definition) is 12. The van der Waals surface area contributed by atoms with E-state index in [1.807, 2.05) is 25.9 Å². The topological polar surface area (TPSA) is 156 Å². The molecule has 3 rings (SSSR count). The van der Waals surface area contributed by atoms with Gasteiger partial charge in [-0.2, -0.15) is 0 Å². The second-order valence-electron chi connectivity index (χ2n) is 13.0. The predicted octanol–water partition coefficient (Wildman–Crippen LogP) is 3.17. The number of aliphatic hydroxyl groups is 1. The molecule has 0 aliphatic carbocycles. The summed E-state index contributed by atoms with van der Waals surface area (Å²) in [5.74, 6) is -4.32. The second kappa shape index (κ2) is 15.7. The van der Waals surface area contributed by atoms with Crippen LogP contribution >= 0.6 is 0 Å². The Bertz CT molecular complexity index is 1250. The van der Waals surface area contributed by atoms with Crippen LogP contribution in [0.15, 0.2) is 30.4 Å². The summed E-state index contributed by atoms with van der Waals surface area (Å²) in [4.78, 5) is 60.0. The average Bonchev–Trinajstić information content (AvgIpc) is 3.56. The maximum atomic E-state index is 13.9. The number of likely N-dealkylation sites (N-methyl/N-ethyl adjacent to an activating group) is 1. The average molecular weight is 650 g/mol. The number of ketones is 2. The van der Waals surface area contributed by atoms with Crippen molar-refractivity contribution in [3.63, 3.8) is 0 Å². The highest BCUT2D eigenvalue weighted by molar-refractivity contribution is 6.00. The number of aliphatic hydroxyl groups excluding tert-OH is 1. The number of hydrogen-bond donors (Lipinski definition) is 1. The van der Waals surface area contributed by atoms with Gasteiger partial charge in [0, 0.05) is 37.4 Å². The van der Waals surface area contributed by atoms with Gasteiger partial charge in [-0.1, -0.05) is 20.8 Å². The summed E-state index contributed by atoms with van der Waals surface area (Å²) in [6, 6.07) is -0.260. The van der Waals surface area contributed by atoms with Crippen LogP contribution in [0.3, 0.4) is 0 Å². The van der Waals surface area contributed by atoms with E-state index in [2.05, 4.69) is 4.98 Å². The van der Waals surface area contributed by atoms with Crippen molar-refractivity contribution in [3.05, 3.63) is 30.4 Å². The summed E-state index contributed by atoms with van der Waals surface area (Å²) < 4.78 is 31.1. The number of allylic oxidation sites excluding steroid dienone is 1. The highest BCUT2D eigenvalue weighted by Crippen LogP contribution is 2.33. The molecular weight excluding hydrogens is 598 g/mol. The predicted molar refractivity (Wildman–Crippen MR) is 167 cm³/mol. The van der Waals surface area contributed by atoms with Crippen LogP contribution < -0.4 is 0 Å². The van der Waals surface area contributed by atoms with Gasteiger partial charge in [0.15, 0.2) is 23.5 Å². The number of rotatable bonds is 6. The molecule has 1 aromatic heterocycles. The number of imidazole rings is 1. The van der Waals surface area contributed by atoms with Gasteiger partial charge >= 0.3 is 12.1 Å². The fourth-order valence-electron chi connectivity index (χ4n) is 6.36. The minimum atomic E-state index is -1.57. The lowest BCUT2D eigenvalue weighted by Gasteiger charge is -2.44. The maximum Gasteiger partial charge on any atom is 0.420 e. The Morgan fingerprint density at radius 2 is 1.85 bits per heavy atom. The first-order valence-electron chi connectivity index (χ1n) is 15.9. The molecule has 0 bridgehead atoms. The van der Waals surface area contributed by atoms with Gasteiger partial charge in [-0.15, -0.1) is 0 Å². The van der Waals surface area contributed by atoms with Crippen LogP contribution in [-0.4, -0.2) is 113 Å². The molecule has 13 nitrogen and oxygen atoms in total. The lowest BCUT2D eigenvalue weighted by Crippen LogP contribution is -2.57. The molecular formula is C33H51N3O10. The second-order valence-corrected chi connectivity index (χ2v) is 13.0. The smallest absolute Gasteiger partial charge is 0.420 e. The molecule has 258 valence electrons. The molecule has 46 heavy (non-hydrogen) atoms. The first kappa shape index (κ1) is 37.5. The summed E-state index contributed by atoms with van der Waals surface area (Å²) in [5, 5.41) is 11.2. The highest BCUT2D eigenvalue weighted by atomic mass is 16.7. The minimum absolute atomic E-state index is 0.153. The molecule has 1 fully saturated rings. The zero-order valence-electron chi connectivity index (χ0n) is 28.7. The first-order valence-corrected chi connectivity index (χ1v) is 15.9. The number of methoxy groups -OCH3 is 1. The summed E-state index contributed by atoms with van der Waals surface area (Å²) in [6.45, 7) is 11.6. The highest BCUT2D eigenvalue weighted by Gasteiger charge is 2.46. The third kappa shape index (κ3) is 8.48. The number of cyclic esters (lactones) is 1. The molecule has 0 aromatic carbocycles. The van der Waals surface area contributed by atoms with Gasteiger partial charge in [-0.05, 0) is 72.7 Å². The Morgan fingerprint density at radius 1 is 1.17 bits per heavy atom. The molecule has 13 heteroatoms. The van der Waals surface area contributed by atoms with Gasteiger partial charge in [0.2, 0.25) is 0 Å². The van der Waals surface area contributed by atoms with Crippen LogP contribution in [0.2, 0.25) is 0 Å². The fourth-order valence-corrected chi connectivity index (χ4v) is 6.36. The Kier molecular flexibility index (Phi) is 12.8. The molecule has 0 spiro atoms. The van der Waals surface area contributed by atoms with Crippen LogP contribution in [0, 0.1) is 17.8 Å². The molecule has 0 radical (unpaired) electrons. The van der Waals surface area contributed by atoms with Crippen molar-refractivity contribution in [2.75, 3.05) is 21.2 Å². The molecule has 3 heterocycles. The van der Waals surface area contributed by atoms with Crippen LogP contribution in [0.5, 0.6) is 0 Å². The summed E-state index contributed by atoms with van der Waals surface area (Å²) in [6.07, 6.45) is 0.596. The summed E-state index contributed by atoms with van der Waals surface area (Å²) >= 11 is 0. The number of nitrogens with zero attached hydrogens (tertiary/aromatic N) is 3. The third-order valence-electron chi connectivity index (χ3n) is 9.17. The SMILES string of the molecule is CC[C@H]1OC(=O)[C@H](C)C(=O)C(C)[C@@H](O[C@@H]2O[C@H](C)C[C@H](N(C)C)C2O)[C@H](OC)C[C@@H](C)C(=O)/C(C)=C/[C@]1(C)OC(=O)n1ccnc1. The first-order chi connectivity index (χ1) is 21.5. The van der Waals surface area contributed by atoms with E-state index < -0.39 is 71.9 Å². The van der Waals surface area contributed by atoms with Gasteiger partial charge in [0.1, 0.15) is 24.5 Å². The van der Waals surface area contributed by atoms with Gasteiger partial charge in [0.05, 0.1) is 18.3 Å².